The van der Waals surface area contributed by atoms with Crippen LogP contribution in [-0.2, 0) is 0 Å². The van der Waals surface area contributed by atoms with Gasteiger partial charge in [0.05, 0.1) is 11.8 Å². The maximum Gasteiger partial charge on any atom is 0.248 e. The van der Waals surface area contributed by atoms with E-state index < -0.39 is 0 Å². The molecule has 1 rings (SSSR count). The highest BCUT2D eigenvalue weighted by molar-refractivity contribution is 8.00. The van der Waals surface area contributed by atoms with E-state index in [1.54, 1.807) is 12.1 Å². The van der Waals surface area contributed by atoms with Gasteiger partial charge in [0.15, 0.2) is 0 Å². The average Bonchev–Trinajstić information content (AvgIpc) is 2.38. The van der Waals surface area contributed by atoms with E-state index in [1.807, 2.05) is 35.7 Å². The highest BCUT2D eigenvalue weighted by Crippen LogP contribution is 2.23. The van der Waals surface area contributed by atoms with Gasteiger partial charge in [0.2, 0.25) is 5.91 Å². The lowest BCUT2D eigenvalue weighted by molar-refractivity contribution is 0.100. The molecule has 1 amide bonds. The Morgan fingerprint density at radius 3 is 1.85 bits per heavy atom. The molecule has 0 bridgehead atoms. The molecule has 0 saturated heterocycles. The van der Waals surface area contributed by atoms with Crippen LogP contribution in [0.3, 0.4) is 0 Å². The summed E-state index contributed by atoms with van der Waals surface area (Å²) in [6, 6.07) is 7.54. The van der Waals surface area contributed by atoms with Crippen molar-refractivity contribution in [2.45, 2.75) is 38.2 Å². The number of nitrogens with two attached hydrogens (primary N) is 1. The maximum atomic E-state index is 11.1. The van der Waals surface area contributed by atoms with Crippen LogP contribution in [-0.4, -0.2) is 28.2 Å². The molecule has 1 aromatic rings. The summed E-state index contributed by atoms with van der Waals surface area (Å²) >= 11 is 3.83. The summed E-state index contributed by atoms with van der Waals surface area (Å²) in [6.07, 6.45) is 0. The molecule has 2 N–H and O–H groups in total. The van der Waals surface area contributed by atoms with Crippen LogP contribution in [0.2, 0.25) is 0 Å². The van der Waals surface area contributed by atoms with E-state index in [1.165, 1.54) is 0 Å². The van der Waals surface area contributed by atoms with Crippen LogP contribution in [0.1, 0.15) is 38.1 Å². The minimum Gasteiger partial charge on any atom is -0.366 e. The largest absolute Gasteiger partial charge is 0.366 e. The van der Waals surface area contributed by atoms with E-state index in [4.69, 9.17) is 5.73 Å². The lowest BCUT2D eigenvalue weighted by atomic mass is 10.2. The van der Waals surface area contributed by atoms with Crippen molar-refractivity contribution in [1.82, 2.24) is 0 Å². The Morgan fingerprint density at radius 1 is 1.05 bits per heavy atom. The molecule has 3 nitrogen and oxygen atoms in total. The van der Waals surface area contributed by atoms with Crippen LogP contribution in [0.4, 0.5) is 5.69 Å². The Morgan fingerprint density at radius 2 is 1.50 bits per heavy atom. The van der Waals surface area contributed by atoms with Crippen LogP contribution >= 0.6 is 23.5 Å². The van der Waals surface area contributed by atoms with Crippen LogP contribution in [0.25, 0.3) is 0 Å². The molecule has 0 aliphatic carbocycles. The first-order valence-corrected chi connectivity index (χ1v) is 8.88. The van der Waals surface area contributed by atoms with Gasteiger partial charge in [-0.25, -0.2) is 0 Å². The van der Waals surface area contributed by atoms with Gasteiger partial charge in [0, 0.05) is 21.8 Å². The molecule has 20 heavy (non-hydrogen) atoms. The molecule has 0 radical (unpaired) electrons. The van der Waals surface area contributed by atoms with Gasteiger partial charge < -0.3 is 10.6 Å². The quantitative estimate of drug-likeness (QED) is 0.742. The number of primary amides is 1. The fourth-order valence-corrected chi connectivity index (χ4v) is 3.05. The zero-order valence-electron chi connectivity index (χ0n) is 12.6. The first kappa shape index (κ1) is 17.2. The predicted octanol–water partition coefficient (Wildman–Crippen LogP) is 3.79. The number of benzene rings is 1. The fraction of sp³-hybridized carbons (Fsp3) is 0.533. The lowest BCUT2D eigenvalue weighted by Gasteiger charge is -2.26. The summed E-state index contributed by atoms with van der Waals surface area (Å²) < 4.78 is 0. The molecule has 1 aromatic carbocycles. The van der Waals surface area contributed by atoms with E-state index in [-0.39, 0.29) is 5.91 Å². The van der Waals surface area contributed by atoms with Gasteiger partial charge in [0.1, 0.15) is 0 Å². The third-order valence-electron chi connectivity index (χ3n) is 2.64. The van der Waals surface area contributed by atoms with Gasteiger partial charge in [-0.05, 0) is 24.3 Å². The summed E-state index contributed by atoms with van der Waals surface area (Å²) in [5.74, 6) is 1.52. The first-order valence-electron chi connectivity index (χ1n) is 6.78. The van der Waals surface area contributed by atoms with Crippen molar-refractivity contribution in [2.24, 2.45) is 5.73 Å². The maximum absolute atomic E-state index is 11.1. The summed E-state index contributed by atoms with van der Waals surface area (Å²) in [5, 5.41) is 1.21. The van der Waals surface area contributed by atoms with E-state index in [9.17, 15) is 4.79 Å². The SMILES string of the molecule is CC(C)SCN(CSC(C)C)c1ccc(C(N)=O)cc1. The van der Waals surface area contributed by atoms with Crippen molar-refractivity contribution >= 4 is 35.1 Å². The first-order chi connectivity index (χ1) is 9.40. The van der Waals surface area contributed by atoms with Crippen molar-refractivity contribution in [3.8, 4) is 0 Å². The smallest absolute Gasteiger partial charge is 0.248 e. The zero-order chi connectivity index (χ0) is 15.1. The fourth-order valence-electron chi connectivity index (χ4n) is 1.50. The van der Waals surface area contributed by atoms with E-state index in [0.717, 1.165) is 17.4 Å². The van der Waals surface area contributed by atoms with Crippen LogP contribution in [0, 0.1) is 0 Å². The van der Waals surface area contributed by atoms with Gasteiger partial charge in [-0.3, -0.25) is 4.79 Å². The van der Waals surface area contributed by atoms with E-state index in [2.05, 4.69) is 32.6 Å². The second-order valence-corrected chi connectivity index (χ2v) is 8.21. The van der Waals surface area contributed by atoms with E-state index >= 15 is 0 Å². The Labute approximate surface area is 130 Å². The van der Waals surface area contributed by atoms with Crippen LogP contribution in [0.15, 0.2) is 24.3 Å². The van der Waals surface area contributed by atoms with Crippen molar-refractivity contribution in [2.75, 3.05) is 16.7 Å². The van der Waals surface area contributed by atoms with Gasteiger partial charge in [-0.2, -0.15) is 0 Å². The van der Waals surface area contributed by atoms with Gasteiger partial charge in [0.25, 0.3) is 0 Å². The Hall–Kier alpha value is -0.810. The highest BCUT2D eigenvalue weighted by atomic mass is 32.2. The number of carbonyl (C=O) groups is 1. The molecule has 0 fully saturated rings. The Balaban J connectivity index is 2.76. The van der Waals surface area contributed by atoms with Crippen molar-refractivity contribution < 1.29 is 4.79 Å². The molecule has 5 heteroatoms. The van der Waals surface area contributed by atoms with Crippen molar-refractivity contribution in [3.05, 3.63) is 29.8 Å². The normalized spacial score (nSPS) is 11.1. The molecule has 0 aromatic heterocycles. The lowest BCUT2D eigenvalue weighted by Crippen LogP contribution is -2.24. The highest BCUT2D eigenvalue weighted by Gasteiger charge is 2.10. The monoisotopic (exact) mass is 312 g/mol. The molecule has 0 spiro atoms. The average molecular weight is 313 g/mol. The molecule has 0 heterocycles. The van der Waals surface area contributed by atoms with Crippen LogP contribution in [0.5, 0.6) is 0 Å². The van der Waals surface area contributed by atoms with Gasteiger partial charge in [-0.1, -0.05) is 27.7 Å². The topological polar surface area (TPSA) is 46.3 Å². The minimum absolute atomic E-state index is 0.379. The number of thioether (sulfide) groups is 2. The number of anilines is 1. The number of nitrogens with zero attached hydrogens (tertiary/aromatic N) is 1. The molecule has 0 saturated carbocycles. The van der Waals surface area contributed by atoms with Crippen molar-refractivity contribution in [3.63, 3.8) is 0 Å². The van der Waals surface area contributed by atoms with E-state index in [0.29, 0.717) is 16.1 Å². The summed E-state index contributed by atoms with van der Waals surface area (Å²) in [4.78, 5) is 13.4. The summed E-state index contributed by atoms with van der Waals surface area (Å²) in [7, 11) is 0. The number of amides is 1. The van der Waals surface area contributed by atoms with Crippen molar-refractivity contribution in [1.29, 1.82) is 0 Å². The molecular weight excluding hydrogens is 288 g/mol. The molecule has 0 atom stereocenters. The zero-order valence-corrected chi connectivity index (χ0v) is 14.3. The number of rotatable bonds is 8. The molecular formula is C15H24N2OS2. The number of hydrogen-bond acceptors (Lipinski definition) is 4. The molecule has 0 aliphatic heterocycles. The van der Waals surface area contributed by atoms with Crippen LogP contribution < -0.4 is 10.6 Å². The standard InChI is InChI=1S/C15H24N2OS2/c1-11(2)19-9-17(10-20-12(3)4)14-7-5-13(6-8-14)15(16)18/h5-8,11-12H,9-10H2,1-4H3,(H2,16,18). The Kier molecular flexibility index (Phi) is 7.30. The third-order valence-corrected chi connectivity index (χ3v) is 4.90. The summed E-state index contributed by atoms with van der Waals surface area (Å²) in [5.41, 5.74) is 6.97. The third kappa shape index (κ3) is 6.09. The Bertz CT molecular complexity index is 406. The predicted molar refractivity (Wildman–Crippen MR) is 92.6 cm³/mol. The molecule has 0 aliphatic rings. The number of hydrogen-bond donors (Lipinski definition) is 1. The second-order valence-electron chi connectivity index (χ2n) is 5.14. The second kappa shape index (κ2) is 8.47. The van der Waals surface area contributed by atoms with Gasteiger partial charge in [-0.15, -0.1) is 23.5 Å². The molecule has 0 unspecified atom stereocenters. The summed E-state index contributed by atoms with van der Waals surface area (Å²) in [6.45, 7) is 8.81. The minimum atomic E-state index is -0.379. The molecule has 112 valence electrons. The van der Waals surface area contributed by atoms with Gasteiger partial charge >= 0.3 is 0 Å². The number of carbonyl (C=O) groups excluding carboxylic acids is 1.